The smallest absolute Gasteiger partial charge is 0.242 e. The van der Waals surface area contributed by atoms with E-state index in [0.29, 0.717) is 60.3 Å². The second-order valence-corrected chi connectivity index (χ2v) is 11.5. The topological polar surface area (TPSA) is 118 Å². The molecule has 0 spiro atoms. The van der Waals surface area contributed by atoms with Crippen LogP contribution in [0, 0.1) is 0 Å². The predicted octanol–water partition coefficient (Wildman–Crippen LogP) is 5.43. The molecule has 0 aliphatic carbocycles. The number of rotatable bonds is 12. The zero-order valence-corrected chi connectivity index (χ0v) is 24.8. The highest BCUT2D eigenvalue weighted by atomic mass is 79.9. The van der Waals surface area contributed by atoms with Crippen LogP contribution in [0.1, 0.15) is 33.6 Å². The minimum atomic E-state index is -3.75. The predicted molar refractivity (Wildman–Crippen MR) is 158 cm³/mol. The Labute approximate surface area is 238 Å². The maximum Gasteiger partial charge on any atom is 0.242 e. The standard InChI is InChI=1S/C27H35BrN6O4S/c1-4-19(5-2)33-39(35,36)25-10-8-7-9-23(25)30-26-21(28)18-29-27(32-26)31-22-12-11-20(17-24(22)38-6-3)34-13-15-37-16-14-34/h7-12,17-19,33H,4-6,13-16H2,1-3H3,(H2,29,30,31,32). The molecule has 0 saturated carbocycles. The highest BCUT2D eigenvalue weighted by Gasteiger charge is 2.22. The SMILES string of the molecule is CCOc1cc(N2CCOCC2)ccc1Nc1ncc(Br)c(Nc2ccccc2S(=O)(=O)NC(CC)CC)n1. The van der Waals surface area contributed by atoms with Crippen molar-refractivity contribution >= 4 is 54.8 Å². The molecule has 1 saturated heterocycles. The van der Waals surface area contributed by atoms with Crippen molar-refractivity contribution < 1.29 is 17.9 Å². The van der Waals surface area contributed by atoms with Crippen molar-refractivity contribution in [2.75, 3.05) is 48.4 Å². The first kappa shape index (κ1) is 29.1. The molecule has 39 heavy (non-hydrogen) atoms. The summed E-state index contributed by atoms with van der Waals surface area (Å²) in [4.78, 5) is 11.4. The normalized spacial score (nSPS) is 13.9. The summed E-state index contributed by atoms with van der Waals surface area (Å²) in [6, 6.07) is 12.6. The molecule has 0 bridgehead atoms. The summed E-state index contributed by atoms with van der Waals surface area (Å²) in [7, 11) is -3.75. The van der Waals surface area contributed by atoms with Gasteiger partial charge in [0, 0.05) is 37.1 Å². The van der Waals surface area contributed by atoms with Gasteiger partial charge in [0.25, 0.3) is 0 Å². The Balaban J connectivity index is 1.58. The van der Waals surface area contributed by atoms with Gasteiger partial charge in [-0.05, 0) is 60.0 Å². The van der Waals surface area contributed by atoms with Gasteiger partial charge in [0.1, 0.15) is 16.5 Å². The number of sulfonamides is 1. The van der Waals surface area contributed by atoms with E-state index in [1.165, 1.54) is 0 Å². The van der Waals surface area contributed by atoms with Crippen LogP contribution in [-0.4, -0.2) is 57.3 Å². The van der Waals surface area contributed by atoms with Crippen LogP contribution in [0.4, 0.5) is 28.8 Å². The van der Waals surface area contributed by atoms with Gasteiger partial charge in [0.2, 0.25) is 16.0 Å². The van der Waals surface area contributed by atoms with E-state index in [1.54, 1.807) is 30.5 Å². The van der Waals surface area contributed by atoms with E-state index in [2.05, 4.69) is 46.2 Å². The monoisotopic (exact) mass is 618 g/mol. The molecule has 12 heteroatoms. The highest BCUT2D eigenvalue weighted by Crippen LogP contribution is 2.34. The molecule has 4 rings (SSSR count). The summed E-state index contributed by atoms with van der Waals surface area (Å²) in [5.41, 5.74) is 2.19. The average molecular weight is 620 g/mol. The molecule has 0 atom stereocenters. The van der Waals surface area contributed by atoms with E-state index in [9.17, 15) is 8.42 Å². The van der Waals surface area contributed by atoms with Crippen molar-refractivity contribution in [1.82, 2.24) is 14.7 Å². The van der Waals surface area contributed by atoms with Gasteiger partial charge in [-0.15, -0.1) is 0 Å². The summed E-state index contributed by atoms with van der Waals surface area (Å²) < 4.78 is 41.1. The van der Waals surface area contributed by atoms with Crippen molar-refractivity contribution in [3.8, 4) is 5.75 Å². The zero-order valence-electron chi connectivity index (χ0n) is 22.4. The van der Waals surface area contributed by atoms with Crippen molar-refractivity contribution in [1.29, 1.82) is 0 Å². The van der Waals surface area contributed by atoms with E-state index in [4.69, 9.17) is 9.47 Å². The molecule has 0 amide bonds. The van der Waals surface area contributed by atoms with Crippen molar-refractivity contribution in [2.45, 2.75) is 44.6 Å². The molecule has 2 heterocycles. The Hall–Kier alpha value is -2.93. The zero-order chi connectivity index (χ0) is 27.8. The second kappa shape index (κ2) is 13.4. The van der Waals surface area contributed by atoms with Crippen LogP contribution in [0.5, 0.6) is 5.75 Å². The van der Waals surface area contributed by atoms with E-state index in [1.807, 2.05) is 39.0 Å². The molecular weight excluding hydrogens is 584 g/mol. The lowest BCUT2D eigenvalue weighted by Crippen LogP contribution is -2.36. The van der Waals surface area contributed by atoms with Gasteiger partial charge in [-0.1, -0.05) is 26.0 Å². The van der Waals surface area contributed by atoms with Gasteiger partial charge >= 0.3 is 0 Å². The summed E-state index contributed by atoms with van der Waals surface area (Å²) >= 11 is 3.48. The average Bonchev–Trinajstić information content (AvgIpc) is 2.95. The first-order valence-electron chi connectivity index (χ1n) is 13.1. The number of ether oxygens (including phenoxy) is 2. The number of nitrogens with one attached hydrogen (secondary N) is 3. The van der Waals surface area contributed by atoms with Crippen LogP contribution in [0.2, 0.25) is 0 Å². The van der Waals surface area contributed by atoms with Crippen LogP contribution in [-0.2, 0) is 14.8 Å². The Bertz CT molecular complexity index is 1360. The molecule has 1 fully saturated rings. The first-order chi connectivity index (χ1) is 18.8. The number of hydrogen-bond acceptors (Lipinski definition) is 9. The fourth-order valence-electron chi connectivity index (χ4n) is 4.21. The molecule has 1 aromatic heterocycles. The Morgan fingerprint density at radius 1 is 1.05 bits per heavy atom. The van der Waals surface area contributed by atoms with E-state index < -0.39 is 10.0 Å². The molecule has 2 aromatic carbocycles. The Morgan fingerprint density at radius 3 is 2.51 bits per heavy atom. The number of aromatic nitrogens is 2. The van der Waals surface area contributed by atoms with Crippen LogP contribution < -0.4 is 25.0 Å². The molecule has 0 radical (unpaired) electrons. The second-order valence-electron chi connectivity index (χ2n) is 8.98. The van der Waals surface area contributed by atoms with Gasteiger partial charge in [0.05, 0.1) is 35.7 Å². The van der Waals surface area contributed by atoms with E-state index in [0.717, 1.165) is 24.5 Å². The number of morpholine rings is 1. The lowest BCUT2D eigenvalue weighted by Gasteiger charge is -2.29. The van der Waals surface area contributed by atoms with Gasteiger partial charge in [-0.25, -0.2) is 18.1 Å². The third kappa shape index (κ3) is 7.38. The van der Waals surface area contributed by atoms with Crippen molar-refractivity contribution in [3.63, 3.8) is 0 Å². The van der Waals surface area contributed by atoms with Crippen molar-refractivity contribution in [2.24, 2.45) is 0 Å². The molecule has 1 aliphatic rings. The molecule has 3 N–H and O–H groups in total. The number of benzene rings is 2. The lowest BCUT2D eigenvalue weighted by molar-refractivity contribution is 0.122. The maximum atomic E-state index is 13.2. The first-order valence-corrected chi connectivity index (χ1v) is 15.4. The largest absolute Gasteiger partial charge is 0.492 e. The molecular formula is C27H35BrN6O4S. The summed E-state index contributed by atoms with van der Waals surface area (Å²) in [6.07, 6.45) is 3.02. The number of halogens is 1. The summed E-state index contributed by atoms with van der Waals surface area (Å²) in [6.45, 7) is 9.41. The molecule has 210 valence electrons. The van der Waals surface area contributed by atoms with Crippen LogP contribution in [0.3, 0.4) is 0 Å². The summed E-state index contributed by atoms with van der Waals surface area (Å²) in [5.74, 6) is 1.43. The summed E-state index contributed by atoms with van der Waals surface area (Å²) in [5, 5.41) is 6.41. The highest BCUT2D eigenvalue weighted by molar-refractivity contribution is 9.10. The number of hydrogen-bond donors (Lipinski definition) is 3. The number of nitrogens with zero attached hydrogens (tertiary/aromatic N) is 3. The van der Waals surface area contributed by atoms with Gasteiger partial charge in [0.15, 0.2) is 0 Å². The minimum absolute atomic E-state index is 0.140. The Kier molecular flexibility index (Phi) is 10.0. The van der Waals surface area contributed by atoms with Crippen LogP contribution in [0.25, 0.3) is 0 Å². The molecule has 1 aliphatic heterocycles. The minimum Gasteiger partial charge on any atom is -0.492 e. The molecule has 0 unspecified atom stereocenters. The van der Waals surface area contributed by atoms with Gasteiger partial charge in [-0.3, -0.25) is 0 Å². The lowest BCUT2D eigenvalue weighted by atomic mass is 10.2. The molecule has 10 nitrogen and oxygen atoms in total. The van der Waals surface area contributed by atoms with Crippen LogP contribution in [0.15, 0.2) is 58.0 Å². The van der Waals surface area contributed by atoms with E-state index in [-0.39, 0.29) is 10.9 Å². The van der Waals surface area contributed by atoms with E-state index >= 15 is 0 Å². The Morgan fingerprint density at radius 2 is 1.79 bits per heavy atom. The number of anilines is 5. The fourth-order valence-corrected chi connectivity index (χ4v) is 6.07. The van der Waals surface area contributed by atoms with Gasteiger partial charge in [-0.2, -0.15) is 4.98 Å². The third-order valence-corrected chi connectivity index (χ3v) is 8.53. The van der Waals surface area contributed by atoms with Crippen molar-refractivity contribution in [3.05, 3.63) is 53.1 Å². The van der Waals surface area contributed by atoms with Crippen LogP contribution >= 0.6 is 15.9 Å². The quantitative estimate of drug-likeness (QED) is 0.244. The maximum absolute atomic E-state index is 13.2. The number of para-hydroxylation sites is 1. The van der Waals surface area contributed by atoms with Gasteiger partial charge < -0.3 is 25.0 Å². The fraction of sp³-hybridized carbons (Fsp3) is 0.407. The third-order valence-electron chi connectivity index (χ3n) is 6.37. The molecule has 3 aromatic rings.